The molecule has 0 bridgehead atoms. The molecule has 24 heavy (non-hydrogen) atoms. The number of nitrogens with one attached hydrogen (secondary N) is 1. The molecule has 0 radical (unpaired) electrons. The first-order valence-corrected chi connectivity index (χ1v) is 8.68. The SMILES string of the molecule is O=C(c1c(Cl)cccc1Cl)N1CCN(C(=O)C2CNCCO2)CC1. The van der Waals surface area contributed by atoms with Crippen LogP contribution in [0, 0.1) is 0 Å². The Morgan fingerprint density at radius 2 is 1.71 bits per heavy atom. The van der Waals surface area contributed by atoms with Gasteiger partial charge in [-0.2, -0.15) is 0 Å². The van der Waals surface area contributed by atoms with Crippen LogP contribution in [0.15, 0.2) is 18.2 Å². The number of carbonyl (C=O) groups is 2. The van der Waals surface area contributed by atoms with Gasteiger partial charge in [0, 0.05) is 39.3 Å². The van der Waals surface area contributed by atoms with Crippen molar-refractivity contribution < 1.29 is 14.3 Å². The first kappa shape index (κ1) is 17.5. The molecule has 130 valence electrons. The Hall–Kier alpha value is -1.34. The van der Waals surface area contributed by atoms with Gasteiger partial charge in [-0.3, -0.25) is 9.59 Å². The van der Waals surface area contributed by atoms with Gasteiger partial charge in [-0.25, -0.2) is 0 Å². The van der Waals surface area contributed by atoms with E-state index in [4.69, 9.17) is 27.9 Å². The predicted molar refractivity (Wildman–Crippen MR) is 91.6 cm³/mol. The monoisotopic (exact) mass is 371 g/mol. The van der Waals surface area contributed by atoms with Crippen LogP contribution < -0.4 is 5.32 Å². The Kier molecular flexibility index (Phi) is 5.61. The number of rotatable bonds is 2. The maximum Gasteiger partial charge on any atom is 0.257 e. The summed E-state index contributed by atoms with van der Waals surface area (Å²) in [6.45, 7) is 3.70. The van der Waals surface area contributed by atoms with Crippen molar-refractivity contribution in [1.29, 1.82) is 0 Å². The fraction of sp³-hybridized carbons (Fsp3) is 0.500. The lowest BCUT2D eigenvalue weighted by atomic mass is 10.1. The number of halogens is 2. The number of amides is 2. The summed E-state index contributed by atoms with van der Waals surface area (Å²) in [5, 5.41) is 3.83. The van der Waals surface area contributed by atoms with Crippen LogP contribution in [-0.4, -0.2) is 73.6 Å². The van der Waals surface area contributed by atoms with E-state index in [9.17, 15) is 9.59 Å². The quantitative estimate of drug-likeness (QED) is 0.850. The summed E-state index contributed by atoms with van der Waals surface area (Å²) in [6, 6.07) is 5.00. The molecule has 1 unspecified atom stereocenters. The van der Waals surface area contributed by atoms with Crippen LogP contribution in [0.5, 0.6) is 0 Å². The van der Waals surface area contributed by atoms with E-state index in [-0.39, 0.29) is 11.8 Å². The van der Waals surface area contributed by atoms with Gasteiger partial charge in [0.25, 0.3) is 11.8 Å². The zero-order chi connectivity index (χ0) is 17.1. The maximum absolute atomic E-state index is 12.6. The summed E-state index contributed by atoms with van der Waals surface area (Å²) in [4.78, 5) is 28.5. The average molecular weight is 372 g/mol. The van der Waals surface area contributed by atoms with Gasteiger partial charge in [-0.1, -0.05) is 29.3 Å². The third-order valence-corrected chi connectivity index (χ3v) is 4.89. The lowest BCUT2D eigenvalue weighted by Gasteiger charge is -2.37. The Morgan fingerprint density at radius 1 is 1.08 bits per heavy atom. The molecule has 0 saturated carbocycles. The van der Waals surface area contributed by atoms with Gasteiger partial charge in [0.2, 0.25) is 0 Å². The van der Waals surface area contributed by atoms with Gasteiger partial charge in [0.15, 0.2) is 0 Å². The molecule has 6 nitrogen and oxygen atoms in total. The number of ether oxygens (including phenoxy) is 1. The molecule has 2 amide bonds. The van der Waals surface area contributed by atoms with Crippen molar-refractivity contribution in [1.82, 2.24) is 15.1 Å². The standard InChI is InChI=1S/C16H19Cl2N3O3/c17-11-2-1-3-12(18)14(11)16(23)21-7-5-20(6-8-21)15(22)13-10-19-4-9-24-13/h1-3,13,19H,4-10H2. The van der Waals surface area contributed by atoms with Crippen LogP contribution in [0.25, 0.3) is 0 Å². The largest absolute Gasteiger partial charge is 0.366 e. The number of carbonyl (C=O) groups excluding carboxylic acids is 2. The molecule has 8 heteroatoms. The molecule has 2 aliphatic heterocycles. The highest BCUT2D eigenvalue weighted by Crippen LogP contribution is 2.26. The van der Waals surface area contributed by atoms with Crippen molar-refractivity contribution >= 4 is 35.0 Å². The highest BCUT2D eigenvalue weighted by Gasteiger charge is 2.31. The molecule has 0 aromatic heterocycles. The van der Waals surface area contributed by atoms with E-state index in [0.29, 0.717) is 54.9 Å². The summed E-state index contributed by atoms with van der Waals surface area (Å²) >= 11 is 12.2. The van der Waals surface area contributed by atoms with Gasteiger partial charge in [-0.05, 0) is 12.1 Å². The molecule has 1 atom stereocenters. The molecule has 2 fully saturated rings. The highest BCUT2D eigenvalue weighted by molar-refractivity contribution is 6.39. The molecule has 2 saturated heterocycles. The van der Waals surface area contributed by atoms with Crippen LogP contribution in [0.4, 0.5) is 0 Å². The summed E-state index contributed by atoms with van der Waals surface area (Å²) in [7, 11) is 0. The number of hydrogen-bond donors (Lipinski definition) is 1. The fourth-order valence-electron chi connectivity index (χ4n) is 2.92. The number of nitrogens with zero attached hydrogens (tertiary/aromatic N) is 2. The summed E-state index contributed by atoms with van der Waals surface area (Å²) < 4.78 is 5.50. The van der Waals surface area contributed by atoms with Crippen molar-refractivity contribution in [2.45, 2.75) is 6.10 Å². The minimum absolute atomic E-state index is 0.0231. The normalized spacial score (nSPS) is 21.7. The Bertz CT molecular complexity index is 607. The third-order valence-electron chi connectivity index (χ3n) is 4.26. The third kappa shape index (κ3) is 3.67. The molecule has 1 N–H and O–H groups in total. The summed E-state index contributed by atoms with van der Waals surface area (Å²) in [5.41, 5.74) is 0.320. The van der Waals surface area contributed by atoms with E-state index in [1.807, 2.05) is 0 Å². The highest BCUT2D eigenvalue weighted by atomic mass is 35.5. The van der Waals surface area contributed by atoms with Crippen LogP contribution >= 0.6 is 23.2 Å². The van der Waals surface area contributed by atoms with Crippen molar-refractivity contribution in [2.24, 2.45) is 0 Å². The number of piperazine rings is 1. The Labute approximate surface area is 150 Å². The fourth-order valence-corrected chi connectivity index (χ4v) is 3.48. The van der Waals surface area contributed by atoms with Crippen molar-refractivity contribution in [3.05, 3.63) is 33.8 Å². The van der Waals surface area contributed by atoms with E-state index in [0.717, 1.165) is 6.54 Å². The average Bonchev–Trinajstić information content (AvgIpc) is 2.62. The summed E-state index contributed by atoms with van der Waals surface area (Å²) in [5.74, 6) is -0.224. The van der Waals surface area contributed by atoms with Crippen LogP contribution in [0.1, 0.15) is 10.4 Å². The first-order chi connectivity index (χ1) is 11.6. The van der Waals surface area contributed by atoms with Gasteiger partial charge in [0.1, 0.15) is 6.10 Å². The van der Waals surface area contributed by atoms with Crippen LogP contribution in [-0.2, 0) is 9.53 Å². The molecule has 2 aliphatic rings. The van der Waals surface area contributed by atoms with E-state index >= 15 is 0 Å². The van der Waals surface area contributed by atoms with E-state index in [1.165, 1.54) is 0 Å². The molecule has 2 heterocycles. The number of morpholine rings is 1. The number of hydrogen-bond acceptors (Lipinski definition) is 4. The molecular formula is C16H19Cl2N3O3. The topological polar surface area (TPSA) is 61.9 Å². The molecule has 1 aromatic carbocycles. The smallest absolute Gasteiger partial charge is 0.257 e. The van der Waals surface area contributed by atoms with Gasteiger partial charge in [0.05, 0.1) is 22.2 Å². The van der Waals surface area contributed by atoms with E-state index in [2.05, 4.69) is 5.32 Å². The minimum Gasteiger partial charge on any atom is -0.366 e. The molecule has 1 aromatic rings. The molecular weight excluding hydrogens is 353 g/mol. The zero-order valence-corrected chi connectivity index (χ0v) is 14.6. The minimum atomic E-state index is -0.431. The second kappa shape index (κ2) is 7.70. The van der Waals surface area contributed by atoms with E-state index in [1.54, 1.807) is 28.0 Å². The second-order valence-electron chi connectivity index (χ2n) is 5.78. The van der Waals surface area contributed by atoms with Crippen molar-refractivity contribution in [3.63, 3.8) is 0 Å². The predicted octanol–water partition coefficient (Wildman–Crippen LogP) is 1.27. The van der Waals surface area contributed by atoms with Crippen molar-refractivity contribution in [3.8, 4) is 0 Å². The lowest BCUT2D eigenvalue weighted by Crippen LogP contribution is -2.56. The number of benzene rings is 1. The molecule has 0 spiro atoms. The Morgan fingerprint density at radius 3 is 2.29 bits per heavy atom. The van der Waals surface area contributed by atoms with Crippen LogP contribution in [0.3, 0.4) is 0 Å². The van der Waals surface area contributed by atoms with E-state index < -0.39 is 6.10 Å². The second-order valence-corrected chi connectivity index (χ2v) is 6.59. The van der Waals surface area contributed by atoms with Crippen molar-refractivity contribution in [2.75, 3.05) is 45.9 Å². The Balaban J connectivity index is 1.60. The molecule has 0 aliphatic carbocycles. The summed E-state index contributed by atoms with van der Waals surface area (Å²) in [6.07, 6.45) is -0.431. The van der Waals surface area contributed by atoms with Gasteiger partial charge >= 0.3 is 0 Å². The lowest BCUT2D eigenvalue weighted by molar-refractivity contribution is -0.146. The van der Waals surface area contributed by atoms with Gasteiger partial charge in [-0.15, -0.1) is 0 Å². The first-order valence-electron chi connectivity index (χ1n) is 7.92. The van der Waals surface area contributed by atoms with Gasteiger partial charge < -0.3 is 19.9 Å². The zero-order valence-electron chi connectivity index (χ0n) is 13.1. The molecule has 3 rings (SSSR count). The van der Waals surface area contributed by atoms with Crippen LogP contribution in [0.2, 0.25) is 10.0 Å². The maximum atomic E-state index is 12.6.